The van der Waals surface area contributed by atoms with Gasteiger partial charge in [0.15, 0.2) is 0 Å². The highest BCUT2D eigenvalue weighted by Gasteiger charge is 2.22. The molecule has 0 N–H and O–H groups in total. The lowest BCUT2D eigenvalue weighted by Crippen LogP contribution is -2.43. The Bertz CT molecular complexity index is 469. The van der Waals surface area contributed by atoms with E-state index in [1.807, 2.05) is 19.1 Å². The number of carbonyl (C=O) groups excluding carboxylic acids is 2. The van der Waals surface area contributed by atoms with Crippen LogP contribution in [0.2, 0.25) is 0 Å². The van der Waals surface area contributed by atoms with Crippen LogP contribution in [0.15, 0.2) is 16.5 Å². The van der Waals surface area contributed by atoms with Crippen molar-refractivity contribution in [2.75, 3.05) is 26.7 Å². The normalized spacial score (nSPS) is 19.8. The Morgan fingerprint density at radius 1 is 1.55 bits per heavy atom. The monoisotopic (exact) mass is 278 g/mol. The maximum Gasteiger partial charge on any atom is 0.236 e. The molecule has 0 spiro atoms. The number of aldehydes is 1. The van der Waals surface area contributed by atoms with E-state index in [0.717, 1.165) is 37.2 Å². The minimum Gasteiger partial charge on any atom is -0.464 e. The number of likely N-dealkylation sites (tertiary alicyclic amines) is 1. The Morgan fingerprint density at radius 3 is 3.00 bits per heavy atom. The van der Waals surface area contributed by atoms with E-state index >= 15 is 0 Å². The predicted molar refractivity (Wildman–Crippen MR) is 75.1 cm³/mol. The Hall–Kier alpha value is -1.62. The van der Waals surface area contributed by atoms with Gasteiger partial charge in [0, 0.05) is 19.5 Å². The average molecular weight is 278 g/mol. The lowest BCUT2D eigenvalue weighted by Gasteiger charge is -2.30. The third-order valence-corrected chi connectivity index (χ3v) is 3.71. The van der Waals surface area contributed by atoms with E-state index in [2.05, 4.69) is 4.90 Å². The van der Waals surface area contributed by atoms with Crippen LogP contribution >= 0.6 is 0 Å². The number of piperidine rings is 1. The molecule has 20 heavy (non-hydrogen) atoms. The second-order valence-electron chi connectivity index (χ2n) is 5.54. The molecule has 0 aliphatic carbocycles. The summed E-state index contributed by atoms with van der Waals surface area (Å²) in [6.07, 6.45) is 2.93. The zero-order chi connectivity index (χ0) is 14.5. The van der Waals surface area contributed by atoms with E-state index in [9.17, 15) is 9.59 Å². The van der Waals surface area contributed by atoms with Gasteiger partial charge in [0.05, 0.1) is 13.1 Å². The quantitative estimate of drug-likeness (QED) is 0.765. The van der Waals surface area contributed by atoms with Crippen molar-refractivity contribution >= 4 is 12.2 Å². The van der Waals surface area contributed by atoms with Crippen molar-refractivity contribution in [2.24, 2.45) is 5.92 Å². The van der Waals surface area contributed by atoms with Gasteiger partial charge in [0.25, 0.3) is 0 Å². The van der Waals surface area contributed by atoms with Crippen LogP contribution in [0, 0.1) is 12.8 Å². The first kappa shape index (κ1) is 14.8. The summed E-state index contributed by atoms with van der Waals surface area (Å²) in [5.41, 5.74) is 0. The zero-order valence-electron chi connectivity index (χ0n) is 12.2. The summed E-state index contributed by atoms with van der Waals surface area (Å²) in [6, 6.07) is 3.79. The minimum atomic E-state index is 0.0607. The van der Waals surface area contributed by atoms with E-state index in [-0.39, 0.29) is 11.8 Å². The number of furan rings is 1. The van der Waals surface area contributed by atoms with E-state index in [1.54, 1.807) is 11.9 Å². The van der Waals surface area contributed by atoms with Crippen LogP contribution in [0.1, 0.15) is 24.4 Å². The Kier molecular flexibility index (Phi) is 4.95. The molecular weight excluding hydrogens is 256 g/mol. The first-order chi connectivity index (χ1) is 9.58. The molecule has 2 heterocycles. The van der Waals surface area contributed by atoms with Crippen LogP contribution in [0.4, 0.5) is 0 Å². The first-order valence-corrected chi connectivity index (χ1v) is 7.05. The number of amides is 1. The van der Waals surface area contributed by atoms with Crippen LogP contribution in [-0.2, 0) is 16.1 Å². The van der Waals surface area contributed by atoms with Gasteiger partial charge in [-0.15, -0.1) is 0 Å². The van der Waals surface area contributed by atoms with Crippen molar-refractivity contribution in [1.82, 2.24) is 9.80 Å². The van der Waals surface area contributed by atoms with Gasteiger partial charge in [-0.1, -0.05) is 0 Å². The molecule has 0 radical (unpaired) electrons. The molecule has 1 aromatic heterocycles. The molecule has 1 fully saturated rings. The number of likely N-dealkylation sites (N-methyl/N-ethyl adjacent to an activating group) is 1. The first-order valence-electron chi connectivity index (χ1n) is 7.05. The van der Waals surface area contributed by atoms with Gasteiger partial charge in [-0.3, -0.25) is 9.69 Å². The zero-order valence-corrected chi connectivity index (χ0v) is 12.2. The van der Waals surface area contributed by atoms with Gasteiger partial charge in [0.2, 0.25) is 5.91 Å². The summed E-state index contributed by atoms with van der Waals surface area (Å²) in [6.45, 7) is 4.34. The summed E-state index contributed by atoms with van der Waals surface area (Å²) in [7, 11) is 1.78. The van der Waals surface area contributed by atoms with Crippen molar-refractivity contribution in [3.8, 4) is 0 Å². The van der Waals surface area contributed by atoms with E-state index < -0.39 is 0 Å². The lowest BCUT2D eigenvalue weighted by atomic mass is 10.00. The standard InChI is InChI=1S/C15H22N2O3/c1-12-5-6-14(20-12)9-16(2)15(19)10-17-7-3-4-13(8-17)11-18/h5-6,11,13H,3-4,7-10H2,1-2H3. The van der Waals surface area contributed by atoms with Gasteiger partial charge >= 0.3 is 0 Å². The van der Waals surface area contributed by atoms with E-state index in [0.29, 0.717) is 19.6 Å². The molecule has 1 amide bonds. The molecule has 1 aromatic rings. The van der Waals surface area contributed by atoms with Gasteiger partial charge in [0.1, 0.15) is 17.8 Å². The summed E-state index contributed by atoms with van der Waals surface area (Å²) in [5, 5.41) is 0. The molecule has 1 aliphatic heterocycles. The highest BCUT2D eigenvalue weighted by Crippen LogP contribution is 2.14. The topological polar surface area (TPSA) is 53.8 Å². The van der Waals surface area contributed by atoms with Crippen LogP contribution in [-0.4, -0.2) is 48.7 Å². The number of nitrogens with zero attached hydrogens (tertiary/aromatic N) is 2. The maximum absolute atomic E-state index is 12.2. The lowest BCUT2D eigenvalue weighted by molar-refractivity contribution is -0.132. The fraction of sp³-hybridized carbons (Fsp3) is 0.600. The fourth-order valence-electron chi connectivity index (χ4n) is 2.55. The van der Waals surface area contributed by atoms with Gasteiger partial charge in [-0.2, -0.15) is 0 Å². The molecule has 0 saturated carbocycles. The largest absolute Gasteiger partial charge is 0.464 e. The third-order valence-electron chi connectivity index (χ3n) is 3.71. The molecule has 2 rings (SSSR count). The van der Waals surface area contributed by atoms with Crippen LogP contribution in [0.25, 0.3) is 0 Å². The predicted octanol–water partition coefficient (Wildman–Crippen LogP) is 1.46. The molecule has 1 aliphatic rings. The SMILES string of the molecule is Cc1ccc(CN(C)C(=O)CN2CCCC(C=O)C2)o1. The second kappa shape index (κ2) is 6.70. The van der Waals surface area contributed by atoms with Gasteiger partial charge in [-0.25, -0.2) is 0 Å². The highest BCUT2D eigenvalue weighted by atomic mass is 16.3. The van der Waals surface area contributed by atoms with Crippen LogP contribution < -0.4 is 0 Å². The van der Waals surface area contributed by atoms with Crippen molar-refractivity contribution in [2.45, 2.75) is 26.3 Å². The molecule has 0 bridgehead atoms. The molecule has 5 heteroatoms. The van der Waals surface area contributed by atoms with Crippen molar-refractivity contribution in [3.63, 3.8) is 0 Å². The summed E-state index contributed by atoms with van der Waals surface area (Å²) < 4.78 is 5.47. The molecule has 1 atom stereocenters. The van der Waals surface area contributed by atoms with Crippen molar-refractivity contribution in [3.05, 3.63) is 23.7 Å². The fourth-order valence-corrected chi connectivity index (χ4v) is 2.55. The molecule has 110 valence electrons. The molecule has 0 aromatic carbocycles. The summed E-state index contributed by atoms with van der Waals surface area (Å²) in [4.78, 5) is 26.7. The summed E-state index contributed by atoms with van der Waals surface area (Å²) >= 11 is 0. The Labute approximate surface area is 119 Å². The minimum absolute atomic E-state index is 0.0607. The number of aryl methyl sites for hydroxylation is 1. The Morgan fingerprint density at radius 2 is 2.35 bits per heavy atom. The van der Waals surface area contributed by atoms with Crippen LogP contribution in [0.3, 0.4) is 0 Å². The molecule has 1 saturated heterocycles. The average Bonchev–Trinajstić information content (AvgIpc) is 2.84. The third kappa shape index (κ3) is 3.93. The van der Waals surface area contributed by atoms with E-state index in [4.69, 9.17) is 4.42 Å². The van der Waals surface area contributed by atoms with E-state index in [1.165, 1.54) is 0 Å². The molecule has 5 nitrogen and oxygen atoms in total. The number of rotatable bonds is 5. The number of carbonyl (C=O) groups is 2. The van der Waals surface area contributed by atoms with Gasteiger partial charge in [-0.05, 0) is 38.4 Å². The second-order valence-corrected chi connectivity index (χ2v) is 5.54. The van der Waals surface area contributed by atoms with Gasteiger partial charge < -0.3 is 14.1 Å². The van der Waals surface area contributed by atoms with Crippen molar-refractivity contribution in [1.29, 1.82) is 0 Å². The number of hydrogen-bond donors (Lipinski definition) is 0. The highest BCUT2D eigenvalue weighted by molar-refractivity contribution is 5.78. The Balaban J connectivity index is 1.82. The smallest absolute Gasteiger partial charge is 0.236 e. The molecular formula is C15H22N2O3. The van der Waals surface area contributed by atoms with Crippen molar-refractivity contribution < 1.29 is 14.0 Å². The summed E-state index contributed by atoms with van der Waals surface area (Å²) in [5.74, 6) is 1.79. The maximum atomic E-state index is 12.2. The number of hydrogen-bond acceptors (Lipinski definition) is 4. The molecule has 1 unspecified atom stereocenters. The van der Waals surface area contributed by atoms with Crippen LogP contribution in [0.5, 0.6) is 0 Å².